The van der Waals surface area contributed by atoms with Crippen LogP contribution in [0.4, 0.5) is 5.69 Å². The second-order valence-electron chi connectivity index (χ2n) is 3.84. The van der Waals surface area contributed by atoms with Crippen molar-refractivity contribution < 1.29 is 9.59 Å². The lowest BCUT2D eigenvalue weighted by atomic mass is 10.2. The van der Waals surface area contributed by atoms with Crippen LogP contribution in [0, 0.1) is 0 Å². The molecule has 1 fully saturated rings. The van der Waals surface area contributed by atoms with Crippen molar-refractivity contribution in [1.82, 2.24) is 10.2 Å². The van der Waals surface area contributed by atoms with Crippen molar-refractivity contribution in [1.29, 1.82) is 0 Å². The lowest BCUT2D eigenvalue weighted by molar-refractivity contribution is -0.121. The van der Waals surface area contributed by atoms with Crippen molar-refractivity contribution in [3.8, 4) is 0 Å². The van der Waals surface area contributed by atoms with Crippen molar-refractivity contribution in [2.75, 3.05) is 11.4 Å². The zero-order valence-electron chi connectivity index (χ0n) is 8.43. The third kappa shape index (κ3) is 1.29. The summed E-state index contributed by atoms with van der Waals surface area (Å²) in [7, 11) is 0. The molecule has 0 bridgehead atoms. The zero-order valence-corrected chi connectivity index (χ0v) is 8.43. The number of amides is 1. The summed E-state index contributed by atoms with van der Waals surface area (Å²) in [6.07, 6.45) is 1.73. The summed E-state index contributed by atoms with van der Waals surface area (Å²) in [5.41, 5.74) is 1.61. The SMILES string of the molecule is O=C1CC(=O)N(c2ccc3cn[nH]c3c2)C1. The molecule has 5 nitrogen and oxygen atoms in total. The lowest BCUT2D eigenvalue weighted by Crippen LogP contribution is -2.24. The second kappa shape index (κ2) is 3.16. The molecule has 0 saturated carbocycles. The minimum atomic E-state index is -0.135. The Morgan fingerprint density at radius 2 is 2.19 bits per heavy atom. The molecular formula is C11H9N3O2. The van der Waals surface area contributed by atoms with Gasteiger partial charge in [-0.05, 0) is 18.2 Å². The highest BCUT2D eigenvalue weighted by molar-refractivity contribution is 6.15. The van der Waals surface area contributed by atoms with E-state index in [9.17, 15) is 9.59 Å². The highest BCUT2D eigenvalue weighted by atomic mass is 16.2. The van der Waals surface area contributed by atoms with Crippen molar-refractivity contribution in [2.24, 2.45) is 0 Å². The average Bonchev–Trinajstić information content (AvgIpc) is 2.83. The van der Waals surface area contributed by atoms with E-state index in [0.717, 1.165) is 16.6 Å². The van der Waals surface area contributed by atoms with E-state index in [1.165, 1.54) is 4.90 Å². The van der Waals surface area contributed by atoms with Crippen LogP contribution in [-0.4, -0.2) is 28.4 Å². The molecule has 2 heterocycles. The van der Waals surface area contributed by atoms with Gasteiger partial charge < -0.3 is 4.90 Å². The molecule has 0 unspecified atom stereocenters. The molecule has 0 aliphatic carbocycles. The van der Waals surface area contributed by atoms with Crippen LogP contribution < -0.4 is 4.90 Å². The molecule has 5 heteroatoms. The Hall–Kier alpha value is -2.17. The summed E-state index contributed by atoms with van der Waals surface area (Å²) in [5, 5.41) is 7.73. The predicted octanol–water partition coefficient (Wildman–Crippen LogP) is 0.869. The number of Topliss-reactive ketones (excluding diaryl/α,β-unsaturated/α-hetero) is 1. The predicted molar refractivity (Wildman–Crippen MR) is 58.1 cm³/mol. The third-order valence-electron chi connectivity index (χ3n) is 2.72. The van der Waals surface area contributed by atoms with Crippen LogP contribution in [0.25, 0.3) is 10.9 Å². The lowest BCUT2D eigenvalue weighted by Gasteiger charge is -2.14. The highest BCUT2D eigenvalue weighted by Gasteiger charge is 2.28. The van der Waals surface area contributed by atoms with Gasteiger partial charge in [0.25, 0.3) is 0 Å². The number of nitrogens with one attached hydrogen (secondary N) is 1. The van der Waals surface area contributed by atoms with Gasteiger partial charge in [-0.25, -0.2) is 0 Å². The standard InChI is InChI=1S/C11H9N3O2/c15-9-4-11(16)14(6-9)8-2-1-7-5-12-13-10(7)3-8/h1-3,5H,4,6H2,(H,12,13). The maximum Gasteiger partial charge on any atom is 0.234 e. The molecule has 1 aliphatic heterocycles. The number of ketones is 1. The number of H-pyrrole nitrogens is 1. The molecule has 1 N–H and O–H groups in total. The van der Waals surface area contributed by atoms with Crippen LogP contribution in [0.1, 0.15) is 6.42 Å². The van der Waals surface area contributed by atoms with Crippen LogP contribution >= 0.6 is 0 Å². The molecule has 0 spiro atoms. The van der Waals surface area contributed by atoms with Gasteiger partial charge in [-0.3, -0.25) is 14.7 Å². The normalized spacial score (nSPS) is 16.4. The first-order valence-electron chi connectivity index (χ1n) is 4.99. The van der Waals surface area contributed by atoms with E-state index in [-0.39, 0.29) is 24.7 Å². The largest absolute Gasteiger partial charge is 0.305 e. The van der Waals surface area contributed by atoms with Crippen molar-refractivity contribution in [3.05, 3.63) is 24.4 Å². The first-order chi connectivity index (χ1) is 7.74. The summed E-state index contributed by atoms with van der Waals surface area (Å²) in [5.74, 6) is -0.168. The van der Waals surface area contributed by atoms with Crippen LogP contribution in [0.15, 0.2) is 24.4 Å². The number of rotatable bonds is 1. The molecule has 80 valence electrons. The first kappa shape index (κ1) is 9.08. The maximum absolute atomic E-state index is 11.5. The molecule has 1 saturated heterocycles. The Labute approximate surface area is 91.0 Å². The van der Waals surface area contributed by atoms with E-state index in [1.54, 1.807) is 6.20 Å². The smallest absolute Gasteiger partial charge is 0.234 e. The van der Waals surface area contributed by atoms with E-state index in [2.05, 4.69) is 10.2 Å². The van der Waals surface area contributed by atoms with Gasteiger partial charge in [0.15, 0.2) is 5.78 Å². The molecule has 3 rings (SSSR count). The summed E-state index contributed by atoms with van der Waals surface area (Å²) in [6, 6.07) is 5.54. The number of carbonyl (C=O) groups excluding carboxylic acids is 2. The fourth-order valence-corrected chi connectivity index (χ4v) is 1.91. The minimum absolute atomic E-state index is 0.0149. The van der Waals surface area contributed by atoms with Crippen LogP contribution in [-0.2, 0) is 9.59 Å². The summed E-state index contributed by atoms with van der Waals surface area (Å²) in [6.45, 7) is 0.179. The fourth-order valence-electron chi connectivity index (χ4n) is 1.91. The number of hydrogen-bond acceptors (Lipinski definition) is 3. The van der Waals surface area contributed by atoms with Gasteiger partial charge in [0.2, 0.25) is 5.91 Å². The molecule has 2 aromatic rings. The Bertz CT molecular complexity index is 588. The second-order valence-corrected chi connectivity index (χ2v) is 3.84. The number of aromatic amines is 1. The van der Waals surface area contributed by atoms with Gasteiger partial charge in [0, 0.05) is 11.1 Å². The Kier molecular flexibility index (Phi) is 1.80. The Morgan fingerprint density at radius 1 is 1.31 bits per heavy atom. The highest BCUT2D eigenvalue weighted by Crippen LogP contribution is 2.23. The van der Waals surface area contributed by atoms with E-state index < -0.39 is 0 Å². The van der Waals surface area contributed by atoms with E-state index in [0.29, 0.717) is 0 Å². The number of fused-ring (bicyclic) bond motifs is 1. The van der Waals surface area contributed by atoms with E-state index in [4.69, 9.17) is 0 Å². The van der Waals surface area contributed by atoms with Gasteiger partial charge >= 0.3 is 0 Å². The molecule has 1 amide bonds. The Morgan fingerprint density at radius 3 is 2.94 bits per heavy atom. The van der Waals surface area contributed by atoms with Crippen LogP contribution in [0.5, 0.6) is 0 Å². The minimum Gasteiger partial charge on any atom is -0.305 e. The number of benzene rings is 1. The molecule has 1 aliphatic rings. The molecule has 0 atom stereocenters. The monoisotopic (exact) mass is 215 g/mol. The van der Waals surface area contributed by atoms with Gasteiger partial charge in [-0.15, -0.1) is 0 Å². The van der Waals surface area contributed by atoms with Crippen molar-refractivity contribution >= 4 is 28.3 Å². The van der Waals surface area contributed by atoms with E-state index in [1.807, 2.05) is 18.2 Å². The quantitative estimate of drug-likeness (QED) is 0.718. The third-order valence-corrected chi connectivity index (χ3v) is 2.72. The average molecular weight is 215 g/mol. The number of anilines is 1. The number of nitrogens with zero attached hydrogens (tertiary/aromatic N) is 2. The number of hydrogen-bond donors (Lipinski definition) is 1. The summed E-state index contributed by atoms with van der Waals surface area (Å²) in [4.78, 5) is 24.2. The molecular weight excluding hydrogens is 206 g/mol. The van der Waals surface area contributed by atoms with Gasteiger partial charge in [0.1, 0.15) is 0 Å². The van der Waals surface area contributed by atoms with Gasteiger partial charge in [-0.2, -0.15) is 5.10 Å². The fraction of sp³-hybridized carbons (Fsp3) is 0.182. The Balaban J connectivity index is 2.05. The van der Waals surface area contributed by atoms with Gasteiger partial charge in [0.05, 0.1) is 24.7 Å². The van der Waals surface area contributed by atoms with E-state index >= 15 is 0 Å². The van der Waals surface area contributed by atoms with Crippen molar-refractivity contribution in [2.45, 2.75) is 6.42 Å². The first-order valence-corrected chi connectivity index (χ1v) is 4.99. The number of aromatic nitrogens is 2. The molecule has 0 radical (unpaired) electrons. The number of carbonyl (C=O) groups is 2. The molecule has 16 heavy (non-hydrogen) atoms. The van der Waals surface area contributed by atoms with Crippen LogP contribution in [0.3, 0.4) is 0 Å². The summed E-state index contributed by atoms with van der Waals surface area (Å²) < 4.78 is 0. The van der Waals surface area contributed by atoms with Crippen LogP contribution in [0.2, 0.25) is 0 Å². The van der Waals surface area contributed by atoms with Crippen molar-refractivity contribution in [3.63, 3.8) is 0 Å². The molecule has 1 aromatic heterocycles. The topological polar surface area (TPSA) is 66.1 Å². The summed E-state index contributed by atoms with van der Waals surface area (Å²) >= 11 is 0. The molecule has 1 aromatic carbocycles. The zero-order chi connectivity index (χ0) is 11.1. The maximum atomic E-state index is 11.5. The van der Waals surface area contributed by atoms with Gasteiger partial charge in [-0.1, -0.05) is 0 Å².